The monoisotopic (exact) mass is 340 g/mol. The number of nitrogens with zero attached hydrogens (tertiary/aromatic N) is 2. The van der Waals surface area contributed by atoms with Crippen molar-refractivity contribution in [2.24, 2.45) is 0 Å². The number of benzene rings is 1. The molecule has 118 valence electrons. The fourth-order valence-electron chi connectivity index (χ4n) is 2.05. The van der Waals surface area contributed by atoms with Crippen molar-refractivity contribution in [3.05, 3.63) is 36.2 Å². The van der Waals surface area contributed by atoms with Crippen LogP contribution in [0.3, 0.4) is 0 Å². The van der Waals surface area contributed by atoms with Gasteiger partial charge in [-0.05, 0) is 19.1 Å². The van der Waals surface area contributed by atoms with Crippen molar-refractivity contribution in [3.63, 3.8) is 0 Å². The van der Waals surface area contributed by atoms with Gasteiger partial charge in [0.25, 0.3) is 5.89 Å². The third kappa shape index (κ3) is 3.79. The smallest absolute Gasteiger partial charge is 0.257 e. The number of hydrogen-bond acceptors (Lipinski definition) is 6. The minimum atomic E-state index is -0.286. The zero-order valence-corrected chi connectivity index (χ0v) is 13.6. The number of carbonyl (C=O) groups excluding carboxylic acids is 1. The van der Waals surface area contributed by atoms with E-state index in [1.165, 1.54) is 0 Å². The maximum Gasteiger partial charge on any atom is 0.257 e. The first-order valence-corrected chi connectivity index (χ1v) is 7.90. The molecule has 0 bridgehead atoms. The van der Waals surface area contributed by atoms with Gasteiger partial charge in [-0.1, -0.05) is 23.4 Å². The second kappa shape index (κ2) is 7.62. The molecule has 0 saturated carbocycles. The molecule has 1 saturated heterocycles. The SMILES string of the molecule is CC(NC(=O)[C@H]1CSCN1)c1noc(-c2ccccc2)n1.Cl. The number of rotatable bonds is 4. The highest BCUT2D eigenvalue weighted by atomic mass is 35.5. The average molecular weight is 341 g/mol. The van der Waals surface area contributed by atoms with Gasteiger partial charge < -0.3 is 9.84 Å². The van der Waals surface area contributed by atoms with E-state index in [1.807, 2.05) is 37.3 Å². The summed E-state index contributed by atoms with van der Waals surface area (Å²) < 4.78 is 5.25. The van der Waals surface area contributed by atoms with E-state index in [0.29, 0.717) is 11.7 Å². The van der Waals surface area contributed by atoms with Gasteiger partial charge in [0, 0.05) is 17.2 Å². The van der Waals surface area contributed by atoms with E-state index in [9.17, 15) is 4.79 Å². The van der Waals surface area contributed by atoms with Crippen LogP contribution in [0.1, 0.15) is 18.8 Å². The number of halogens is 1. The highest BCUT2D eigenvalue weighted by Crippen LogP contribution is 2.19. The van der Waals surface area contributed by atoms with E-state index >= 15 is 0 Å². The minimum absolute atomic E-state index is 0. The number of aromatic nitrogens is 2. The van der Waals surface area contributed by atoms with Crippen molar-refractivity contribution in [3.8, 4) is 11.5 Å². The molecule has 1 aromatic carbocycles. The molecule has 1 aliphatic rings. The van der Waals surface area contributed by atoms with Gasteiger partial charge >= 0.3 is 0 Å². The van der Waals surface area contributed by atoms with Crippen LogP contribution in [0.5, 0.6) is 0 Å². The molecule has 8 heteroatoms. The summed E-state index contributed by atoms with van der Waals surface area (Å²) in [5, 5.41) is 9.98. The van der Waals surface area contributed by atoms with Gasteiger partial charge in [-0.25, -0.2) is 0 Å². The van der Waals surface area contributed by atoms with Crippen LogP contribution >= 0.6 is 24.2 Å². The van der Waals surface area contributed by atoms with Crippen molar-refractivity contribution in [1.82, 2.24) is 20.8 Å². The van der Waals surface area contributed by atoms with Crippen molar-refractivity contribution >= 4 is 30.1 Å². The molecule has 1 amide bonds. The Hall–Kier alpha value is -1.57. The molecule has 2 heterocycles. The third-order valence-electron chi connectivity index (χ3n) is 3.24. The van der Waals surface area contributed by atoms with Gasteiger partial charge in [0.15, 0.2) is 5.82 Å². The van der Waals surface area contributed by atoms with Crippen molar-refractivity contribution in [2.45, 2.75) is 19.0 Å². The highest BCUT2D eigenvalue weighted by Gasteiger charge is 2.25. The minimum Gasteiger partial charge on any atom is -0.345 e. The molecular formula is C14H17ClN4O2S. The molecule has 2 aromatic rings. The van der Waals surface area contributed by atoms with Crippen LogP contribution < -0.4 is 10.6 Å². The van der Waals surface area contributed by atoms with Crippen LogP contribution in [0.15, 0.2) is 34.9 Å². The second-order valence-corrected chi connectivity index (χ2v) is 5.86. The van der Waals surface area contributed by atoms with E-state index in [0.717, 1.165) is 17.2 Å². The molecule has 3 rings (SSSR count). The molecule has 22 heavy (non-hydrogen) atoms. The Morgan fingerprint density at radius 3 is 2.91 bits per heavy atom. The quantitative estimate of drug-likeness (QED) is 0.886. The van der Waals surface area contributed by atoms with Crippen LogP contribution in [0, 0.1) is 0 Å². The van der Waals surface area contributed by atoms with Crippen LogP contribution in [0.4, 0.5) is 0 Å². The summed E-state index contributed by atoms with van der Waals surface area (Å²) in [6, 6.07) is 9.13. The topological polar surface area (TPSA) is 80.0 Å². The summed E-state index contributed by atoms with van der Waals surface area (Å²) in [5.74, 6) is 2.51. The zero-order valence-electron chi connectivity index (χ0n) is 12.0. The lowest BCUT2D eigenvalue weighted by molar-refractivity contribution is -0.123. The summed E-state index contributed by atoms with van der Waals surface area (Å²) in [7, 11) is 0. The Kier molecular flexibility index (Phi) is 5.82. The number of carbonyl (C=O) groups is 1. The molecular weight excluding hydrogens is 324 g/mol. The molecule has 0 radical (unpaired) electrons. The van der Waals surface area contributed by atoms with Crippen molar-refractivity contribution < 1.29 is 9.32 Å². The average Bonchev–Trinajstić information content (AvgIpc) is 3.20. The van der Waals surface area contributed by atoms with Gasteiger partial charge in [0.1, 0.15) is 0 Å². The Morgan fingerprint density at radius 1 is 1.45 bits per heavy atom. The van der Waals surface area contributed by atoms with Gasteiger partial charge in [0.2, 0.25) is 5.91 Å². The number of amides is 1. The number of hydrogen-bond donors (Lipinski definition) is 2. The normalized spacial score (nSPS) is 18.5. The molecule has 0 spiro atoms. The third-order valence-corrected chi connectivity index (χ3v) is 4.18. The van der Waals surface area contributed by atoms with Crippen LogP contribution in [-0.2, 0) is 4.79 Å². The number of thioether (sulfide) groups is 1. The Balaban J connectivity index is 0.00000176. The highest BCUT2D eigenvalue weighted by molar-refractivity contribution is 7.99. The van der Waals surface area contributed by atoms with Gasteiger partial charge in [-0.15, -0.1) is 24.2 Å². The summed E-state index contributed by atoms with van der Waals surface area (Å²) in [4.78, 5) is 16.4. The van der Waals surface area contributed by atoms with E-state index in [1.54, 1.807) is 11.8 Å². The summed E-state index contributed by atoms with van der Waals surface area (Å²) in [6.07, 6.45) is 0. The molecule has 0 aliphatic carbocycles. The predicted molar refractivity (Wildman–Crippen MR) is 87.8 cm³/mol. The maximum absolute atomic E-state index is 12.0. The van der Waals surface area contributed by atoms with Crippen molar-refractivity contribution in [2.75, 3.05) is 11.6 Å². The lowest BCUT2D eigenvalue weighted by atomic mass is 10.2. The van der Waals surface area contributed by atoms with E-state index in [2.05, 4.69) is 20.8 Å². The summed E-state index contributed by atoms with van der Waals surface area (Å²) in [5.41, 5.74) is 0.864. The van der Waals surface area contributed by atoms with Crippen molar-refractivity contribution in [1.29, 1.82) is 0 Å². The molecule has 2 N–H and O–H groups in total. The summed E-state index contributed by atoms with van der Waals surface area (Å²) >= 11 is 1.71. The van der Waals surface area contributed by atoms with Gasteiger partial charge in [-0.3, -0.25) is 10.1 Å². The molecule has 1 fully saturated rings. The maximum atomic E-state index is 12.0. The first-order valence-electron chi connectivity index (χ1n) is 6.74. The standard InChI is InChI=1S/C14H16N4O2S.ClH/c1-9(16-13(19)11-7-21-8-15-11)12-17-14(20-18-12)10-5-3-2-4-6-10;/h2-6,9,11,15H,7-8H2,1H3,(H,16,19);1H/t9?,11-;/m1./s1. The second-order valence-electron chi connectivity index (χ2n) is 4.83. The lowest BCUT2D eigenvalue weighted by Crippen LogP contribution is -2.43. The molecule has 1 unspecified atom stereocenters. The Labute approximate surface area is 138 Å². The Morgan fingerprint density at radius 2 is 2.23 bits per heavy atom. The lowest BCUT2D eigenvalue weighted by Gasteiger charge is -2.13. The van der Waals surface area contributed by atoms with Crippen LogP contribution in [-0.4, -0.2) is 33.7 Å². The Bertz CT molecular complexity index is 616. The first kappa shape index (κ1) is 16.8. The molecule has 6 nitrogen and oxygen atoms in total. The van der Waals surface area contributed by atoms with E-state index in [4.69, 9.17) is 4.52 Å². The molecule has 1 aliphatic heterocycles. The van der Waals surface area contributed by atoms with Crippen LogP contribution in [0.2, 0.25) is 0 Å². The zero-order chi connectivity index (χ0) is 14.7. The largest absolute Gasteiger partial charge is 0.345 e. The van der Waals surface area contributed by atoms with Gasteiger partial charge in [0.05, 0.1) is 12.1 Å². The predicted octanol–water partition coefficient (Wildman–Crippen LogP) is 2.00. The molecule has 2 atom stereocenters. The fraction of sp³-hybridized carbons (Fsp3) is 0.357. The summed E-state index contributed by atoms with van der Waals surface area (Å²) in [6.45, 7) is 1.85. The first-order chi connectivity index (χ1) is 10.2. The number of nitrogens with one attached hydrogen (secondary N) is 2. The van der Waals surface area contributed by atoms with E-state index in [-0.39, 0.29) is 30.4 Å². The van der Waals surface area contributed by atoms with Crippen LogP contribution in [0.25, 0.3) is 11.5 Å². The fourth-order valence-corrected chi connectivity index (χ4v) is 2.99. The van der Waals surface area contributed by atoms with E-state index < -0.39 is 0 Å². The molecule has 1 aromatic heterocycles. The van der Waals surface area contributed by atoms with Gasteiger partial charge in [-0.2, -0.15) is 4.98 Å².